The topological polar surface area (TPSA) is 149 Å². The molecule has 1 saturated heterocycles. The molecule has 9 heteroatoms. The summed E-state index contributed by atoms with van der Waals surface area (Å²) in [4.78, 5) is 13.0. The summed E-state index contributed by atoms with van der Waals surface area (Å²) in [5, 5.41) is 54.5. The number of unbranched alkanes of at least 4 members (excludes halogenated alkanes) is 36. The fraction of sp³-hybridized carbons (Fsp3) is 0.981. The first kappa shape index (κ1) is 58.2. The second-order valence-electron chi connectivity index (χ2n) is 19.0. The number of ether oxygens (including phenoxy) is 2. The molecule has 0 spiro atoms. The number of carbonyl (C=O) groups excluding carboxylic acids is 1. The van der Waals surface area contributed by atoms with Crippen molar-refractivity contribution in [3.8, 4) is 0 Å². The zero-order chi connectivity index (χ0) is 44.4. The summed E-state index contributed by atoms with van der Waals surface area (Å²) in [6, 6.07) is -0.712. The van der Waals surface area contributed by atoms with Gasteiger partial charge in [0, 0.05) is 6.42 Å². The van der Waals surface area contributed by atoms with Gasteiger partial charge < -0.3 is 40.3 Å². The van der Waals surface area contributed by atoms with Crippen LogP contribution in [0.2, 0.25) is 0 Å². The molecule has 0 aromatic heterocycles. The molecule has 0 radical (unpaired) electrons. The Bertz CT molecular complexity index is 924. The first-order valence-corrected chi connectivity index (χ1v) is 26.7. The normalized spacial score (nSPS) is 20.3. The number of nitrogens with one attached hydrogen (secondary N) is 1. The van der Waals surface area contributed by atoms with Gasteiger partial charge in [0.05, 0.1) is 25.4 Å². The van der Waals surface area contributed by atoms with Crippen LogP contribution in [0, 0.1) is 0 Å². The molecule has 1 fully saturated rings. The summed E-state index contributed by atoms with van der Waals surface area (Å²) < 4.78 is 11.3. The minimum Gasteiger partial charge on any atom is -0.394 e. The summed E-state index contributed by atoms with van der Waals surface area (Å²) in [6.45, 7) is 3.87. The van der Waals surface area contributed by atoms with E-state index in [0.29, 0.717) is 12.8 Å². The number of hydrogen-bond acceptors (Lipinski definition) is 8. The van der Waals surface area contributed by atoms with Crippen molar-refractivity contribution >= 4 is 5.91 Å². The molecule has 7 atom stereocenters. The first-order chi connectivity index (χ1) is 29.8. The van der Waals surface area contributed by atoms with Gasteiger partial charge in [-0.1, -0.05) is 251 Å². The summed E-state index contributed by atoms with van der Waals surface area (Å²) in [7, 11) is 0. The van der Waals surface area contributed by atoms with Gasteiger partial charge in [0.1, 0.15) is 24.4 Å². The van der Waals surface area contributed by atoms with E-state index in [4.69, 9.17) is 9.47 Å². The van der Waals surface area contributed by atoms with Gasteiger partial charge in [-0.3, -0.25) is 4.79 Å². The molecule has 6 N–H and O–H groups in total. The fourth-order valence-electron chi connectivity index (χ4n) is 8.93. The van der Waals surface area contributed by atoms with Crippen LogP contribution < -0.4 is 5.32 Å². The van der Waals surface area contributed by atoms with Crippen LogP contribution in [0.25, 0.3) is 0 Å². The molecular formula is C52H103NO8. The molecule has 0 saturated carbocycles. The zero-order valence-corrected chi connectivity index (χ0v) is 40.2. The number of hydrogen-bond donors (Lipinski definition) is 6. The molecule has 9 nitrogen and oxygen atoms in total. The second-order valence-corrected chi connectivity index (χ2v) is 19.0. The van der Waals surface area contributed by atoms with Crippen molar-refractivity contribution in [3.05, 3.63) is 0 Å². The molecule has 1 rings (SSSR count). The third-order valence-corrected chi connectivity index (χ3v) is 13.2. The van der Waals surface area contributed by atoms with Crippen LogP contribution >= 0.6 is 0 Å². The monoisotopic (exact) mass is 870 g/mol. The Kier molecular flexibility index (Phi) is 41.1. The molecule has 0 bridgehead atoms. The lowest BCUT2D eigenvalue weighted by atomic mass is 9.99. The Morgan fingerprint density at radius 2 is 0.820 bits per heavy atom. The minimum absolute atomic E-state index is 0.131. The lowest BCUT2D eigenvalue weighted by Gasteiger charge is -2.40. The summed E-state index contributed by atoms with van der Waals surface area (Å²) in [6.07, 6.45) is 42.6. The van der Waals surface area contributed by atoms with E-state index in [1.165, 1.54) is 205 Å². The van der Waals surface area contributed by atoms with Crippen LogP contribution in [0.15, 0.2) is 0 Å². The Hall–Kier alpha value is -0.810. The number of amides is 1. The summed E-state index contributed by atoms with van der Waals surface area (Å²) in [5.74, 6) is -0.138. The molecule has 7 unspecified atom stereocenters. The van der Waals surface area contributed by atoms with Crippen molar-refractivity contribution in [2.75, 3.05) is 13.2 Å². The largest absolute Gasteiger partial charge is 0.394 e. The average molecular weight is 870 g/mol. The highest BCUT2D eigenvalue weighted by molar-refractivity contribution is 5.76. The van der Waals surface area contributed by atoms with E-state index < -0.39 is 49.5 Å². The van der Waals surface area contributed by atoms with Crippen LogP contribution in [-0.4, -0.2) is 87.5 Å². The van der Waals surface area contributed by atoms with Gasteiger partial charge in [-0.2, -0.15) is 0 Å². The fourth-order valence-corrected chi connectivity index (χ4v) is 8.93. The van der Waals surface area contributed by atoms with Gasteiger partial charge in [-0.15, -0.1) is 0 Å². The summed E-state index contributed by atoms with van der Waals surface area (Å²) in [5.41, 5.74) is 0. The molecule has 1 heterocycles. The average Bonchev–Trinajstić information content (AvgIpc) is 3.26. The highest BCUT2D eigenvalue weighted by Crippen LogP contribution is 2.23. The van der Waals surface area contributed by atoms with Crippen LogP contribution in [0.1, 0.15) is 271 Å². The molecule has 0 aliphatic carbocycles. The molecule has 1 aliphatic rings. The Balaban J connectivity index is 2.22. The van der Waals surface area contributed by atoms with Crippen molar-refractivity contribution in [1.82, 2.24) is 5.32 Å². The quantitative estimate of drug-likeness (QED) is 0.0331. The highest BCUT2D eigenvalue weighted by atomic mass is 16.7. The van der Waals surface area contributed by atoms with Gasteiger partial charge in [-0.25, -0.2) is 0 Å². The van der Waals surface area contributed by atoms with Crippen molar-refractivity contribution in [2.24, 2.45) is 0 Å². The molecule has 1 aliphatic heterocycles. The number of carbonyl (C=O) groups is 1. The minimum atomic E-state index is -1.55. The molecule has 1 amide bonds. The Morgan fingerprint density at radius 1 is 0.492 bits per heavy atom. The maximum atomic E-state index is 13.0. The van der Waals surface area contributed by atoms with Crippen LogP contribution in [0.4, 0.5) is 0 Å². The van der Waals surface area contributed by atoms with E-state index in [0.717, 1.165) is 38.5 Å². The van der Waals surface area contributed by atoms with Crippen molar-refractivity contribution in [1.29, 1.82) is 0 Å². The lowest BCUT2D eigenvalue weighted by molar-refractivity contribution is -0.302. The molecule has 0 aromatic carbocycles. The number of aliphatic hydroxyl groups is 5. The smallest absolute Gasteiger partial charge is 0.220 e. The first-order valence-electron chi connectivity index (χ1n) is 26.7. The molecule has 0 aromatic rings. The van der Waals surface area contributed by atoms with E-state index in [9.17, 15) is 30.3 Å². The highest BCUT2D eigenvalue weighted by Gasteiger charge is 2.44. The standard InChI is InChI=1S/C52H103NO8/c1-3-5-7-9-11-13-15-17-19-20-21-22-23-24-25-26-28-29-31-33-35-37-39-41-46(55)45(44-60-52-51(59)50(58)49(57)47(43-54)61-52)53-48(56)42-40-38-36-34-32-30-27-18-16-14-12-10-8-6-4-2/h45-47,49-52,54-55,57-59H,3-44H2,1-2H3,(H,53,56). The van der Waals surface area contributed by atoms with E-state index in [1.807, 2.05) is 0 Å². The zero-order valence-electron chi connectivity index (χ0n) is 40.2. The molecule has 364 valence electrons. The van der Waals surface area contributed by atoms with Gasteiger partial charge in [0.25, 0.3) is 0 Å². The van der Waals surface area contributed by atoms with Gasteiger partial charge in [-0.05, 0) is 12.8 Å². The maximum absolute atomic E-state index is 13.0. The van der Waals surface area contributed by atoms with Crippen molar-refractivity contribution in [2.45, 2.75) is 314 Å². The van der Waals surface area contributed by atoms with Crippen molar-refractivity contribution in [3.63, 3.8) is 0 Å². The van der Waals surface area contributed by atoms with Crippen LogP contribution in [0.5, 0.6) is 0 Å². The second kappa shape index (κ2) is 43.1. The number of rotatable bonds is 46. The van der Waals surface area contributed by atoms with E-state index in [2.05, 4.69) is 19.2 Å². The third-order valence-electron chi connectivity index (χ3n) is 13.2. The Morgan fingerprint density at radius 3 is 1.16 bits per heavy atom. The predicted octanol–water partition coefficient (Wildman–Crippen LogP) is 12.3. The predicted molar refractivity (Wildman–Crippen MR) is 254 cm³/mol. The molecular weight excluding hydrogens is 767 g/mol. The van der Waals surface area contributed by atoms with Gasteiger partial charge in [0.2, 0.25) is 5.91 Å². The SMILES string of the molecule is CCCCCCCCCCCCCCCCCCCCCCCCCC(O)C(COC1OC(CO)C(O)C(O)C1O)NC(=O)CCCCCCCCCCCCCCCCC. The van der Waals surface area contributed by atoms with E-state index >= 15 is 0 Å². The van der Waals surface area contributed by atoms with Gasteiger partial charge >= 0.3 is 0 Å². The van der Waals surface area contributed by atoms with Crippen LogP contribution in [0.3, 0.4) is 0 Å². The van der Waals surface area contributed by atoms with Gasteiger partial charge in [0.15, 0.2) is 6.29 Å². The van der Waals surface area contributed by atoms with E-state index in [1.54, 1.807) is 0 Å². The van der Waals surface area contributed by atoms with E-state index in [-0.39, 0.29) is 12.5 Å². The summed E-state index contributed by atoms with van der Waals surface area (Å²) >= 11 is 0. The Labute approximate surface area is 376 Å². The lowest BCUT2D eigenvalue weighted by Crippen LogP contribution is -2.60. The number of aliphatic hydroxyl groups excluding tert-OH is 5. The third kappa shape index (κ3) is 33.3. The molecule has 61 heavy (non-hydrogen) atoms. The van der Waals surface area contributed by atoms with Crippen LogP contribution in [-0.2, 0) is 14.3 Å². The maximum Gasteiger partial charge on any atom is 0.220 e. The van der Waals surface area contributed by atoms with Crippen molar-refractivity contribution < 1.29 is 39.8 Å².